The number of carbonyl (C=O) groups is 3. The van der Waals surface area contributed by atoms with Crippen LogP contribution in [0.4, 0.5) is 11.5 Å². The predicted molar refractivity (Wildman–Crippen MR) is 201 cm³/mol. The lowest BCUT2D eigenvalue weighted by Gasteiger charge is -2.21. The van der Waals surface area contributed by atoms with Gasteiger partial charge in [0, 0.05) is 26.3 Å². The number of nitro groups is 1. The van der Waals surface area contributed by atoms with Gasteiger partial charge in [0.1, 0.15) is 24.7 Å². The Labute approximate surface area is 309 Å². The molecule has 0 aliphatic carbocycles. The molecular formula is C39H64N4O9. The molecule has 52 heavy (non-hydrogen) atoms. The molecule has 0 aromatic carbocycles. The first-order chi connectivity index (χ1) is 25.2. The highest BCUT2D eigenvalue weighted by Gasteiger charge is 2.25. The van der Waals surface area contributed by atoms with E-state index in [1.807, 2.05) is 0 Å². The second-order valence-corrected chi connectivity index (χ2v) is 14.0. The first-order valence-electron chi connectivity index (χ1n) is 19.9. The Bertz CT molecular complexity index is 1300. The van der Waals surface area contributed by atoms with Crippen molar-refractivity contribution in [3.8, 4) is 0 Å². The van der Waals surface area contributed by atoms with E-state index in [0.717, 1.165) is 77.0 Å². The van der Waals surface area contributed by atoms with Crippen LogP contribution in [0.15, 0.2) is 16.9 Å². The summed E-state index contributed by atoms with van der Waals surface area (Å²) in [5.74, 6) is -1.89. The molecule has 2 aromatic heterocycles. The number of aromatic nitrogens is 2. The molecule has 0 bridgehead atoms. The van der Waals surface area contributed by atoms with Crippen LogP contribution in [-0.2, 0) is 23.9 Å². The summed E-state index contributed by atoms with van der Waals surface area (Å²) in [6.45, 7) is 4.10. The van der Waals surface area contributed by atoms with Crippen LogP contribution in [0.1, 0.15) is 168 Å². The van der Waals surface area contributed by atoms with E-state index in [4.69, 9.17) is 14.0 Å². The molecule has 0 fully saturated rings. The van der Waals surface area contributed by atoms with E-state index >= 15 is 0 Å². The lowest BCUT2D eigenvalue weighted by atomic mass is 9.94. The highest BCUT2D eigenvalue weighted by Crippen LogP contribution is 2.29. The maximum Gasteiger partial charge on any atom is 0.333 e. The third-order valence-corrected chi connectivity index (χ3v) is 9.49. The number of nitrogens with one attached hydrogen (secondary N) is 1. The molecule has 2 N–H and O–H groups in total. The maximum atomic E-state index is 12.4. The Morgan fingerprint density at radius 1 is 0.846 bits per heavy atom. The molecule has 2 atom stereocenters. The molecule has 2 aromatic rings. The number of unbranched alkanes of at least 4 members (excludes halogenated alkanes) is 19. The van der Waals surface area contributed by atoms with Crippen LogP contribution in [0.2, 0.25) is 0 Å². The van der Waals surface area contributed by atoms with Gasteiger partial charge in [-0.25, -0.2) is 4.98 Å². The molecule has 0 saturated heterocycles. The van der Waals surface area contributed by atoms with Gasteiger partial charge in [0.05, 0.1) is 22.4 Å². The van der Waals surface area contributed by atoms with Crippen molar-refractivity contribution in [3.05, 3.63) is 22.5 Å². The summed E-state index contributed by atoms with van der Waals surface area (Å²) >= 11 is 0. The summed E-state index contributed by atoms with van der Waals surface area (Å²) < 4.78 is 15.8. The van der Waals surface area contributed by atoms with Gasteiger partial charge in [-0.05, 0) is 19.3 Å². The molecule has 2 unspecified atom stereocenters. The number of aliphatic carboxylic acids is 1. The standard InChI is InChI=1S/C39H64N4O9/c1-3-4-5-6-7-8-9-10-12-15-18-21-24-32(39(46)47)27-33(51-31(2)44)30-50-36(45)25-22-19-16-13-11-14-17-20-23-26-40-38-34-28-42-52-37(34)35(29-41-38)43(48)49/h28-29,32-33H,3-27,30H2,1-2H3,(H,40,41)(H,46,47). The second kappa shape index (κ2) is 27.8. The summed E-state index contributed by atoms with van der Waals surface area (Å²) in [4.78, 5) is 50.7. The van der Waals surface area contributed by atoms with E-state index in [1.165, 1.54) is 77.1 Å². The number of carboxylic acids is 1. The predicted octanol–water partition coefficient (Wildman–Crippen LogP) is 10.1. The molecule has 0 saturated carbocycles. The van der Waals surface area contributed by atoms with Crippen LogP contribution in [0, 0.1) is 16.0 Å². The summed E-state index contributed by atoms with van der Waals surface area (Å²) in [6, 6.07) is 0. The molecule has 0 amide bonds. The van der Waals surface area contributed by atoms with E-state index in [-0.39, 0.29) is 36.7 Å². The largest absolute Gasteiger partial charge is 0.481 e. The van der Waals surface area contributed by atoms with Gasteiger partial charge in [-0.3, -0.25) is 24.5 Å². The first-order valence-corrected chi connectivity index (χ1v) is 19.9. The Morgan fingerprint density at radius 3 is 1.96 bits per heavy atom. The van der Waals surface area contributed by atoms with Crippen molar-refractivity contribution in [3.63, 3.8) is 0 Å². The van der Waals surface area contributed by atoms with Gasteiger partial charge in [0.2, 0.25) is 5.58 Å². The molecular weight excluding hydrogens is 668 g/mol. The van der Waals surface area contributed by atoms with Crippen molar-refractivity contribution >= 4 is 40.4 Å². The zero-order chi connectivity index (χ0) is 37.8. The van der Waals surface area contributed by atoms with Crippen LogP contribution >= 0.6 is 0 Å². The first kappa shape index (κ1) is 44.4. The molecule has 0 aliphatic rings. The van der Waals surface area contributed by atoms with Crippen molar-refractivity contribution in [2.75, 3.05) is 18.5 Å². The topological polar surface area (TPSA) is 184 Å². The average molecular weight is 733 g/mol. The van der Waals surface area contributed by atoms with Gasteiger partial charge in [0.15, 0.2) is 0 Å². The molecule has 0 aliphatic heterocycles. The van der Waals surface area contributed by atoms with E-state index < -0.39 is 28.9 Å². The van der Waals surface area contributed by atoms with Gasteiger partial charge in [-0.2, -0.15) is 0 Å². The molecule has 2 rings (SSSR count). The smallest absolute Gasteiger partial charge is 0.333 e. The minimum atomic E-state index is -0.907. The fourth-order valence-electron chi connectivity index (χ4n) is 6.49. The molecule has 294 valence electrons. The highest BCUT2D eigenvalue weighted by atomic mass is 16.6. The summed E-state index contributed by atoms with van der Waals surface area (Å²) in [5, 5.41) is 28.3. The van der Waals surface area contributed by atoms with Crippen molar-refractivity contribution in [1.82, 2.24) is 10.1 Å². The van der Waals surface area contributed by atoms with Crippen molar-refractivity contribution in [1.29, 1.82) is 0 Å². The fraction of sp³-hybridized carbons (Fsp3) is 0.769. The number of carbonyl (C=O) groups excluding carboxylic acids is 2. The zero-order valence-corrected chi connectivity index (χ0v) is 31.7. The number of carboxylic acid groups (broad SMARTS) is 1. The molecule has 13 nitrogen and oxygen atoms in total. The van der Waals surface area contributed by atoms with E-state index in [9.17, 15) is 29.6 Å². The molecule has 0 spiro atoms. The number of ether oxygens (including phenoxy) is 2. The van der Waals surface area contributed by atoms with Gasteiger partial charge < -0.3 is 24.4 Å². The van der Waals surface area contributed by atoms with Gasteiger partial charge in [-0.1, -0.05) is 134 Å². The van der Waals surface area contributed by atoms with Crippen molar-refractivity contribution in [2.45, 2.75) is 174 Å². The van der Waals surface area contributed by atoms with E-state index in [1.54, 1.807) is 0 Å². The van der Waals surface area contributed by atoms with Crippen molar-refractivity contribution < 1.29 is 38.4 Å². The van der Waals surface area contributed by atoms with Gasteiger partial charge in [0.25, 0.3) is 0 Å². The van der Waals surface area contributed by atoms with Crippen LogP contribution in [0.5, 0.6) is 0 Å². The lowest BCUT2D eigenvalue weighted by Crippen LogP contribution is -2.29. The van der Waals surface area contributed by atoms with Crippen molar-refractivity contribution in [2.24, 2.45) is 5.92 Å². The van der Waals surface area contributed by atoms with Crippen LogP contribution in [0.3, 0.4) is 0 Å². The number of fused-ring (bicyclic) bond motifs is 1. The Kier molecular flexibility index (Phi) is 23.8. The number of hydrogen-bond donors (Lipinski definition) is 2. The van der Waals surface area contributed by atoms with E-state index in [0.29, 0.717) is 24.2 Å². The Morgan fingerprint density at radius 2 is 1.40 bits per heavy atom. The van der Waals surface area contributed by atoms with Crippen LogP contribution in [-0.4, -0.2) is 57.3 Å². The lowest BCUT2D eigenvalue weighted by molar-refractivity contribution is -0.384. The SMILES string of the molecule is CCCCCCCCCCCCCCC(CC(COC(=O)CCCCCCCCCCCNc1ncc([N+](=O)[O-])c2oncc12)OC(C)=O)C(=O)O. The second-order valence-electron chi connectivity index (χ2n) is 14.0. The summed E-state index contributed by atoms with van der Waals surface area (Å²) in [7, 11) is 0. The quantitative estimate of drug-likeness (QED) is 0.0307. The zero-order valence-electron chi connectivity index (χ0n) is 31.7. The minimum Gasteiger partial charge on any atom is -0.481 e. The summed E-state index contributed by atoms with van der Waals surface area (Å²) in [5.41, 5.74) is -0.0843. The van der Waals surface area contributed by atoms with Crippen LogP contribution < -0.4 is 5.32 Å². The normalized spacial score (nSPS) is 12.4. The number of anilines is 1. The number of hydrogen-bond acceptors (Lipinski definition) is 11. The number of esters is 2. The van der Waals surface area contributed by atoms with Gasteiger partial charge in [-0.15, -0.1) is 0 Å². The molecule has 2 heterocycles. The maximum absolute atomic E-state index is 12.4. The number of rotatable bonds is 33. The molecule has 13 heteroatoms. The monoisotopic (exact) mass is 732 g/mol. The number of pyridine rings is 1. The van der Waals surface area contributed by atoms with Crippen LogP contribution in [0.25, 0.3) is 11.0 Å². The third kappa shape index (κ3) is 19.7. The Balaban J connectivity index is 1.49. The van der Waals surface area contributed by atoms with Gasteiger partial charge >= 0.3 is 23.6 Å². The minimum absolute atomic E-state index is 0.119. The molecule has 0 radical (unpaired) electrons. The average Bonchev–Trinajstić information content (AvgIpc) is 3.61. The third-order valence-electron chi connectivity index (χ3n) is 9.49. The van der Waals surface area contributed by atoms with E-state index in [2.05, 4.69) is 22.4 Å². The summed E-state index contributed by atoms with van der Waals surface area (Å²) in [6.07, 6.45) is 26.5. The number of nitrogens with zero attached hydrogens (tertiary/aromatic N) is 3. The Hall–Kier alpha value is -3.77. The highest BCUT2D eigenvalue weighted by molar-refractivity contribution is 5.92. The fourth-order valence-corrected chi connectivity index (χ4v) is 6.49.